The molecule has 0 amide bonds. The zero-order valence-corrected chi connectivity index (χ0v) is 14.5. The van der Waals surface area contributed by atoms with Crippen LogP contribution >= 0.6 is 0 Å². The second kappa shape index (κ2) is 8.03. The van der Waals surface area contributed by atoms with Gasteiger partial charge in [0, 0.05) is 42.3 Å². The third-order valence-electron chi connectivity index (χ3n) is 3.73. The lowest BCUT2D eigenvalue weighted by Gasteiger charge is -2.17. The van der Waals surface area contributed by atoms with Crippen LogP contribution in [0.1, 0.15) is 12.6 Å². The number of hydrogen-bond acceptors (Lipinski definition) is 5. The third-order valence-corrected chi connectivity index (χ3v) is 3.73. The largest absolute Gasteiger partial charge is 0.433 e. The van der Waals surface area contributed by atoms with Gasteiger partial charge < -0.3 is 10.6 Å². The van der Waals surface area contributed by atoms with Crippen molar-refractivity contribution in [1.29, 1.82) is 0 Å². The molecule has 0 aliphatic heterocycles. The maximum Gasteiger partial charge on any atom is 0.433 e. The lowest BCUT2D eigenvalue weighted by Crippen LogP contribution is -2.25. The molecule has 0 aliphatic carbocycles. The Morgan fingerprint density at radius 2 is 1.70 bits per heavy atom. The Bertz CT molecular complexity index is 870. The fourth-order valence-electron chi connectivity index (χ4n) is 2.44. The summed E-state index contributed by atoms with van der Waals surface area (Å²) in [6.45, 7) is 2.31. The number of alkyl halides is 3. The van der Waals surface area contributed by atoms with Gasteiger partial charge in [0.25, 0.3) is 0 Å². The molecule has 1 unspecified atom stereocenters. The molecule has 0 spiro atoms. The van der Waals surface area contributed by atoms with Gasteiger partial charge in [-0.25, -0.2) is 9.97 Å². The summed E-state index contributed by atoms with van der Waals surface area (Å²) in [4.78, 5) is 11.7. The number of benzene rings is 1. The molecule has 0 radical (unpaired) electrons. The molecule has 27 heavy (non-hydrogen) atoms. The fraction of sp³-hybridized carbons (Fsp3) is 0.211. The van der Waals surface area contributed by atoms with Crippen molar-refractivity contribution in [2.75, 3.05) is 17.2 Å². The summed E-state index contributed by atoms with van der Waals surface area (Å²) in [7, 11) is 0. The number of nitrogens with zero attached hydrogens (tertiary/aromatic N) is 3. The van der Waals surface area contributed by atoms with Crippen molar-refractivity contribution in [3.05, 3.63) is 66.6 Å². The van der Waals surface area contributed by atoms with Crippen LogP contribution in [-0.4, -0.2) is 27.5 Å². The molecule has 1 atom stereocenters. The number of pyridine rings is 1. The van der Waals surface area contributed by atoms with E-state index in [0.29, 0.717) is 12.1 Å². The summed E-state index contributed by atoms with van der Waals surface area (Å²) >= 11 is 0. The van der Waals surface area contributed by atoms with Crippen LogP contribution in [0.4, 0.5) is 24.7 Å². The Kier molecular flexibility index (Phi) is 5.54. The monoisotopic (exact) mass is 373 g/mol. The van der Waals surface area contributed by atoms with Gasteiger partial charge in [0.15, 0.2) is 11.5 Å². The molecular formula is C19H18F3N5. The lowest BCUT2D eigenvalue weighted by atomic mass is 10.2. The Hall–Kier alpha value is -3.16. The van der Waals surface area contributed by atoms with Crippen LogP contribution in [0.25, 0.3) is 11.4 Å². The minimum Gasteiger partial charge on any atom is -0.381 e. The van der Waals surface area contributed by atoms with Gasteiger partial charge in [0.05, 0.1) is 0 Å². The normalized spacial score (nSPS) is 12.4. The molecule has 0 bridgehead atoms. The fourth-order valence-corrected chi connectivity index (χ4v) is 2.44. The molecule has 8 heteroatoms. The van der Waals surface area contributed by atoms with Gasteiger partial charge in [-0.2, -0.15) is 13.2 Å². The highest BCUT2D eigenvalue weighted by Gasteiger charge is 2.33. The van der Waals surface area contributed by atoms with Crippen LogP contribution in [0.2, 0.25) is 0 Å². The van der Waals surface area contributed by atoms with Crippen LogP contribution in [0.5, 0.6) is 0 Å². The lowest BCUT2D eigenvalue weighted by molar-refractivity contribution is -0.141. The number of halogens is 3. The van der Waals surface area contributed by atoms with Gasteiger partial charge in [-0.3, -0.25) is 4.98 Å². The Labute approximate surface area is 154 Å². The van der Waals surface area contributed by atoms with Crippen LogP contribution in [-0.2, 0) is 6.18 Å². The van der Waals surface area contributed by atoms with Gasteiger partial charge >= 0.3 is 6.18 Å². The van der Waals surface area contributed by atoms with Gasteiger partial charge in [-0.05, 0) is 31.2 Å². The van der Waals surface area contributed by atoms with Crippen molar-refractivity contribution in [3.8, 4) is 11.4 Å². The van der Waals surface area contributed by atoms with Crippen molar-refractivity contribution >= 4 is 11.5 Å². The zero-order valence-electron chi connectivity index (χ0n) is 14.5. The molecule has 0 saturated carbocycles. The van der Waals surface area contributed by atoms with Crippen LogP contribution in [0.3, 0.4) is 0 Å². The zero-order chi connectivity index (χ0) is 19.3. The SMILES string of the molecule is CC(CNc1cc(C(F)(F)F)nc(-c2ccncc2)n1)Nc1ccccc1. The van der Waals surface area contributed by atoms with Crippen molar-refractivity contribution < 1.29 is 13.2 Å². The third kappa shape index (κ3) is 5.16. The van der Waals surface area contributed by atoms with E-state index in [0.717, 1.165) is 11.8 Å². The maximum absolute atomic E-state index is 13.2. The molecule has 3 rings (SSSR count). The first kappa shape index (κ1) is 18.6. The average molecular weight is 373 g/mol. The van der Waals surface area contributed by atoms with Gasteiger partial charge in [0.2, 0.25) is 0 Å². The van der Waals surface area contributed by atoms with Crippen molar-refractivity contribution in [1.82, 2.24) is 15.0 Å². The minimum atomic E-state index is -4.56. The van der Waals surface area contributed by atoms with Crippen molar-refractivity contribution in [2.45, 2.75) is 19.1 Å². The second-order valence-electron chi connectivity index (χ2n) is 5.99. The van der Waals surface area contributed by atoms with E-state index in [4.69, 9.17) is 0 Å². The number of nitrogens with one attached hydrogen (secondary N) is 2. The van der Waals surface area contributed by atoms with E-state index >= 15 is 0 Å². The van der Waals surface area contributed by atoms with Crippen LogP contribution < -0.4 is 10.6 Å². The summed E-state index contributed by atoms with van der Waals surface area (Å²) in [5.74, 6) is 0.115. The molecule has 2 heterocycles. The Morgan fingerprint density at radius 1 is 1.00 bits per heavy atom. The van der Waals surface area contributed by atoms with Gasteiger partial charge in [0.1, 0.15) is 5.82 Å². The highest BCUT2D eigenvalue weighted by molar-refractivity contribution is 5.57. The van der Waals surface area contributed by atoms with Crippen molar-refractivity contribution in [3.63, 3.8) is 0 Å². The highest BCUT2D eigenvalue weighted by Crippen LogP contribution is 2.30. The number of hydrogen-bond donors (Lipinski definition) is 2. The van der Waals surface area contributed by atoms with E-state index in [2.05, 4.69) is 25.6 Å². The molecule has 5 nitrogen and oxygen atoms in total. The van der Waals surface area contributed by atoms with E-state index in [9.17, 15) is 13.2 Å². The summed E-state index contributed by atoms with van der Waals surface area (Å²) in [5, 5.41) is 6.22. The molecule has 2 N–H and O–H groups in total. The Balaban J connectivity index is 1.78. The topological polar surface area (TPSA) is 62.7 Å². The first-order valence-corrected chi connectivity index (χ1v) is 8.34. The summed E-state index contributed by atoms with van der Waals surface area (Å²) in [6.07, 6.45) is -1.59. The van der Waals surface area contributed by atoms with Crippen LogP contribution in [0.15, 0.2) is 60.9 Å². The molecular weight excluding hydrogens is 355 g/mol. The summed E-state index contributed by atoms with van der Waals surface area (Å²) in [6, 6.07) is 13.6. The number of anilines is 2. The molecule has 0 aliphatic rings. The van der Waals surface area contributed by atoms with E-state index in [1.54, 1.807) is 12.1 Å². The summed E-state index contributed by atoms with van der Waals surface area (Å²) in [5.41, 5.74) is 0.410. The molecule has 2 aromatic heterocycles. The average Bonchev–Trinajstić information content (AvgIpc) is 2.67. The molecule has 140 valence electrons. The molecule has 1 aromatic carbocycles. The molecule has 3 aromatic rings. The van der Waals surface area contributed by atoms with E-state index in [-0.39, 0.29) is 17.7 Å². The molecule has 0 fully saturated rings. The van der Waals surface area contributed by atoms with Gasteiger partial charge in [-0.15, -0.1) is 0 Å². The van der Waals surface area contributed by atoms with E-state index in [1.165, 1.54) is 12.4 Å². The molecule has 0 saturated heterocycles. The van der Waals surface area contributed by atoms with Crippen LogP contribution in [0, 0.1) is 0 Å². The first-order valence-electron chi connectivity index (χ1n) is 8.34. The maximum atomic E-state index is 13.2. The minimum absolute atomic E-state index is 0.00148. The standard InChI is InChI=1S/C19H18F3N5/c1-13(25-15-5-3-2-4-6-15)12-24-17-11-16(19(20,21)22)26-18(27-17)14-7-9-23-10-8-14/h2-11,13,25H,12H2,1H3,(H,24,26,27). The quantitative estimate of drug-likeness (QED) is 0.668. The van der Waals surface area contributed by atoms with Crippen molar-refractivity contribution in [2.24, 2.45) is 0 Å². The number of aromatic nitrogens is 3. The van der Waals surface area contributed by atoms with E-state index < -0.39 is 11.9 Å². The van der Waals surface area contributed by atoms with Gasteiger partial charge in [-0.1, -0.05) is 18.2 Å². The smallest absolute Gasteiger partial charge is 0.381 e. The number of para-hydroxylation sites is 1. The van der Waals surface area contributed by atoms with E-state index in [1.807, 2.05) is 37.3 Å². The predicted octanol–water partition coefficient (Wildman–Crippen LogP) is 4.47. The second-order valence-corrected chi connectivity index (χ2v) is 5.99. The highest BCUT2D eigenvalue weighted by atomic mass is 19.4. The summed E-state index contributed by atoms with van der Waals surface area (Å²) < 4.78 is 39.6. The predicted molar refractivity (Wildman–Crippen MR) is 98.3 cm³/mol. The Morgan fingerprint density at radius 3 is 2.37 bits per heavy atom. The number of rotatable bonds is 6. The first-order chi connectivity index (χ1) is 12.9.